The van der Waals surface area contributed by atoms with Gasteiger partial charge in [-0.25, -0.2) is 0 Å². The number of rotatable bonds is 7. The van der Waals surface area contributed by atoms with Gasteiger partial charge in [-0.15, -0.1) is 0 Å². The molecule has 2 heteroatoms. The molecule has 2 N–H and O–H groups in total. The van der Waals surface area contributed by atoms with E-state index in [0.29, 0.717) is 0 Å². The molecule has 0 saturated carbocycles. The summed E-state index contributed by atoms with van der Waals surface area (Å²) in [5.41, 5.74) is -1.03. The first kappa shape index (κ1) is 13.9. The smallest absolute Gasteiger partial charge is 0.0617 e. The van der Waals surface area contributed by atoms with Crippen molar-refractivity contribution in [2.75, 3.05) is 0 Å². The Bertz CT molecular complexity index is 145. The standard InChI is InChI=1S/C12H26O2/c1-5-12(4,14)10-8-6-7-9-11(2,3)13/h13-14H,5-10H2,1-4H3. The van der Waals surface area contributed by atoms with E-state index < -0.39 is 11.2 Å². The highest BCUT2D eigenvalue weighted by atomic mass is 16.3. The Morgan fingerprint density at radius 3 is 1.79 bits per heavy atom. The van der Waals surface area contributed by atoms with Gasteiger partial charge in [-0.05, 0) is 40.0 Å². The average Bonchev–Trinajstić information content (AvgIpc) is 2.01. The maximum absolute atomic E-state index is 9.73. The summed E-state index contributed by atoms with van der Waals surface area (Å²) < 4.78 is 0. The minimum atomic E-state index is -0.534. The van der Waals surface area contributed by atoms with Crippen molar-refractivity contribution in [3.8, 4) is 0 Å². The molecule has 0 amide bonds. The first-order valence-corrected chi connectivity index (χ1v) is 5.71. The average molecular weight is 202 g/mol. The highest BCUT2D eigenvalue weighted by molar-refractivity contribution is 4.70. The summed E-state index contributed by atoms with van der Waals surface area (Å²) in [6.45, 7) is 7.59. The zero-order valence-electron chi connectivity index (χ0n) is 10.1. The van der Waals surface area contributed by atoms with Crippen molar-refractivity contribution >= 4 is 0 Å². The van der Waals surface area contributed by atoms with E-state index >= 15 is 0 Å². The molecule has 0 aliphatic carbocycles. The minimum Gasteiger partial charge on any atom is -0.390 e. The van der Waals surface area contributed by atoms with Crippen LogP contribution in [0.15, 0.2) is 0 Å². The maximum atomic E-state index is 9.73. The lowest BCUT2D eigenvalue weighted by Crippen LogP contribution is -2.22. The quantitative estimate of drug-likeness (QED) is 0.623. The lowest BCUT2D eigenvalue weighted by Gasteiger charge is -2.21. The molecule has 0 aromatic carbocycles. The molecular weight excluding hydrogens is 176 g/mol. The van der Waals surface area contributed by atoms with Crippen LogP contribution in [0.5, 0.6) is 0 Å². The molecule has 0 aromatic rings. The SMILES string of the molecule is CCC(C)(O)CCCCCC(C)(C)O. The Labute approximate surface area is 88.3 Å². The molecule has 0 rings (SSSR count). The third-order valence-electron chi connectivity index (χ3n) is 2.77. The van der Waals surface area contributed by atoms with Crippen LogP contribution in [0.25, 0.3) is 0 Å². The van der Waals surface area contributed by atoms with Crippen LogP contribution in [-0.4, -0.2) is 21.4 Å². The Hall–Kier alpha value is -0.0800. The molecule has 0 spiro atoms. The first-order valence-electron chi connectivity index (χ1n) is 5.71. The third-order valence-corrected chi connectivity index (χ3v) is 2.77. The Morgan fingerprint density at radius 1 is 0.857 bits per heavy atom. The van der Waals surface area contributed by atoms with Crippen LogP contribution in [0, 0.1) is 0 Å². The highest BCUT2D eigenvalue weighted by Crippen LogP contribution is 2.19. The fourth-order valence-corrected chi connectivity index (χ4v) is 1.42. The molecule has 2 nitrogen and oxygen atoms in total. The molecular formula is C12H26O2. The van der Waals surface area contributed by atoms with Crippen molar-refractivity contribution in [1.29, 1.82) is 0 Å². The van der Waals surface area contributed by atoms with Gasteiger partial charge in [-0.3, -0.25) is 0 Å². The molecule has 0 bridgehead atoms. The van der Waals surface area contributed by atoms with Crippen molar-refractivity contribution in [2.45, 2.75) is 77.4 Å². The second-order valence-corrected chi connectivity index (χ2v) is 5.22. The van der Waals surface area contributed by atoms with E-state index in [4.69, 9.17) is 0 Å². The maximum Gasteiger partial charge on any atom is 0.0617 e. The van der Waals surface area contributed by atoms with Crippen molar-refractivity contribution in [1.82, 2.24) is 0 Å². The third kappa shape index (κ3) is 8.52. The van der Waals surface area contributed by atoms with Crippen LogP contribution < -0.4 is 0 Å². The van der Waals surface area contributed by atoms with E-state index in [1.165, 1.54) is 0 Å². The number of unbranched alkanes of at least 4 members (excludes halogenated alkanes) is 2. The van der Waals surface area contributed by atoms with Crippen LogP contribution >= 0.6 is 0 Å². The van der Waals surface area contributed by atoms with Gasteiger partial charge in [0.1, 0.15) is 0 Å². The van der Waals surface area contributed by atoms with Crippen molar-refractivity contribution in [3.05, 3.63) is 0 Å². The van der Waals surface area contributed by atoms with E-state index in [-0.39, 0.29) is 0 Å². The predicted octanol–water partition coefficient (Wildman–Crippen LogP) is 2.87. The van der Waals surface area contributed by atoms with Crippen LogP contribution in [0.1, 0.15) is 66.2 Å². The Kier molecular flexibility index (Phi) is 5.68. The molecule has 0 aliphatic rings. The predicted molar refractivity (Wildman–Crippen MR) is 60.3 cm³/mol. The summed E-state index contributed by atoms with van der Waals surface area (Å²) in [5.74, 6) is 0. The van der Waals surface area contributed by atoms with Gasteiger partial charge in [-0.1, -0.05) is 26.2 Å². The molecule has 1 atom stereocenters. The van der Waals surface area contributed by atoms with Gasteiger partial charge in [0, 0.05) is 0 Å². The summed E-state index contributed by atoms with van der Waals surface area (Å²) in [6.07, 6.45) is 5.73. The van der Waals surface area contributed by atoms with Crippen LogP contribution in [-0.2, 0) is 0 Å². The van der Waals surface area contributed by atoms with Crippen LogP contribution in [0.3, 0.4) is 0 Å². The molecule has 0 aromatic heterocycles. The van der Waals surface area contributed by atoms with Crippen molar-refractivity contribution < 1.29 is 10.2 Å². The molecule has 0 radical (unpaired) electrons. The molecule has 0 saturated heterocycles. The van der Waals surface area contributed by atoms with Crippen molar-refractivity contribution in [2.24, 2.45) is 0 Å². The van der Waals surface area contributed by atoms with Gasteiger partial charge in [0.25, 0.3) is 0 Å². The van der Waals surface area contributed by atoms with Gasteiger partial charge >= 0.3 is 0 Å². The van der Waals surface area contributed by atoms with Gasteiger partial charge in [0.15, 0.2) is 0 Å². The summed E-state index contributed by atoms with van der Waals surface area (Å²) in [4.78, 5) is 0. The fourth-order valence-electron chi connectivity index (χ4n) is 1.42. The lowest BCUT2D eigenvalue weighted by atomic mass is 9.94. The van der Waals surface area contributed by atoms with E-state index in [1.807, 2.05) is 27.7 Å². The fraction of sp³-hybridized carbons (Fsp3) is 1.00. The summed E-state index contributed by atoms with van der Waals surface area (Å²) in [6, 6.07) is 0. The van der Waals surface area contributed by atoms with Gasteiger partial charge in [-0.2, -0.15) is 0 Å². The van der Waals surface area contributed by atoms with E-state index in [1.54, 1.807) is 0 Å². The van der Waals surface area contributed by atoms with Gasteiger partial charge in [0.2, 0.25) is 0 Å². The summed E-state index contributed by atoms with van der Waals surface area (Å²) in [7, 11) is 0. The Balaban J connectivity index is 3.39. The van der Waals surface area contributed by atoms with E-state index in [2.05, 4.69) is 0 Å². The van der Waals surface area contributed by atoms with Gasteiger partial charge in [0.05, 0.1) is 11.2 Å². The zero-order valence-corrected chi connectivity index (χ0v) is 10.1. The summed E-state index contributed by atoms with van der Waals surface area (Å²) in [5, 5.41) is 19.2. The molecule has 0 aliphatic heterocycles. The monoisotopic (exact) mass is 202 g/mol. The van der Waals surface area contributed by atoms with Crippen LogP contribution in [0.4, 0.5) is 0 Å². The largest absolute Gasteiger partial charge is 0.390 e. The number of hydrogen-bond acceptors (Lipinski definition) is 2. The molecule has 14 heavy (non-hydrogen) atoms. The van der Waals surface area contributed by atoms with Crippen LogP contribution in [0.2, 0.25) is 0 Å². The topological polar surface area (TPSA) is 40.5 Å². The minimum absolute atomic E-state index is 0.491. The zero-order chi connectivity index (χ0) is 11.2. The second kappa shape index (κ2) is 5.72. The molecule has 86 valence electrons. The number of hydrogen-bond donors (Lipinski definition) is 2. The Morgan fingerprint density at radius 2 is 1.36 bits per heavy atom. The lowest BCUT2D eigenvalue weighted by molar-refractivity contribution is 0.0424. The molecule has 0 fully saturated rings. The summed E-state index contributed by atoms with van der Waals surface area (Å²) >= 11 is 0. The van der Waals surface area contributed by atoms with Crippen molar-refractivity contribution in [3.63, 3.8) is 0 Å². The molecule has 1 unspecified atom stereocenters. The normalized spacial score (nSPS) is 16.7. The first-order chi connectivity index (χ1) is 6.27. The van der Waals surface area contributed by atoms with Gasteiger partial charge < -0.3 is 10.2 Å². The van der Waals surface area contributed by atoms with E-state index in [9.17, 15) is 10.2 Å². The van der Waals surface area contributed by atoms with E-state index in [0.717, 1.165) is 38.5 Å². The highest BCUT2D eigenvalue weighted by Gasteiger charge is 2.17. The molecule has 0 heterocycles. The second-order valence-electron chi connectivity index (χ2n) is 5.22. The number of aliphatic hydroxyl groups is 2.